The highest BCUT2D eigenvalue weighted by atomic mass is 35.5. The summed E-state index contributed by atoms with van der Waals surface area (Å²) in [5.74, 6) is 0.954. The summed E-state index contributed by atoms with van der Waals surface area (Å²) in [7, 11) is 1.94. The predicted octanol–water partition coefficient (Wildman–Crippen LogP) is 1.25. The number of hydrogen-bond acceptors (Lipinski definition) is 3. The van der Waals surface area contributed by atoms with Gasteiger partial charge < -0.3 is 10.2 Å². The zero-order valence-corrected chi connectivity index (χ0v) is 12.7. The summed E-state index contributed by atoms with van der Waals surface area (Å²) < 4.78 is 1.87. The van der Waals surface area contributed by atoms with Crippen LogP contribution in [0.25, 0.3) is 0 Å². The lowest BCUT2D eigenvalue weighted by Crippen LogP contribution is -2.55. The van der Waals surface area contributed by atoms with Gasteiger partial charge in [0.1, 0.15) is 5.54 Å². The highest BCUT2D eigenvalue weighted by Gasteiger charge is 2.44. The molecule has 1 aromatic heterocycles. The Labute approximate surface area is 126 Å². The Morgan fingerprint density at radius 1 is 1.45 bits per heavy atom. The van der Waals surface area contributed by atoms with E-state index in [1.807, 2.05) is 28.9 Å². The number of carbonyl (C=O) groups excluding carboxylic acids is 1. The molecule has 1 amide bonds. The highest BCUT2D eigenvalue weighted by molar-refractivity contribution is 5.85. The number of amides is 1. The van der Waals surface area contributed by atoms with Gasteiger partial charge in [-0.2, -0.15) is 5.10 Å². The standard InChI is InChI=1S/C14H22N4O.ClH/c1-17(11-12-3-4-12)13(19)14(5-8-15-9-6-14)18-10-2-7-16-18;/h2,7,10,12,15H,3-6,8-9,11H2,1H3;1H. The van der Waals surface area contributed by atoms with E-state index in [4.69, 9.17) is 0 Å². The van der Waals surface area contributed by atoms with Crippen LogP contribution in [-0.4, -0.2) is 47.3 Å². The van der Waals surface area contributed by atoms with Crippen molar-refractivity contribution in [3.8, 4) is 0 Å². The van der Waals surface area contributed by atoms with E-state index in [0.29, 0.717) is 0 Å². The summed E-state index contributed by atoms with van der Waals surface area (Å²) in [6, 6.07) is 1.90. The lowest BCUT2D eigenvalue weighted by Gasteiger charge is -2.39. The number of likely N-dealkylation sites (N-methyl/N-ethyl adjacent to an activating group) is 1. The van der Waals surface area contributed by atoms with Crippen molar-refractivity contribution in [2.45, 2.75) is 31.2 Å². The molecule has 3 rings (SSSR count). The van der Waals surface area contributed by atoms with Crippen LogP contribution in [0.3, 0.4) is 0 Å². The molecule has 20 heavy (non-hydrogen) atoms. The molecular weight excluding hydrogens is 276 g/mol. The Balaban J connectivity index is 0.00000147. The second-order valence-corrected chi connectivity index (χ2v) is 5.86. The van der Waals surface area contributed by atoms with Crippen molar-refractivity contribution in [1.82, 2.24) is 20.0 Å². The molecule has 1 aliphatic carbocycles. The number of nitrogens with one attached hydrogen (secondary N) is 1. The van der Waals surface area contributed by atoms with E-state index in [2.05, 4.69) is 10.4 Å². The number of rotatable bonds is 4. The first-order valence-electron chi connectivity index (χ1n) is 7.19. The van der Waals surface area contributed by atoms with Gasteiger partial charge in [0.15, 0.2) is 0 Å². The first kappa shape index (κ1) is 15.3. The molecule has 1 aromatic rings. The fraction of sp³-hybridized carbons (Fsp3) is 0.714. The largest absolute Gasteiger partial charge is 0.343 e. The molecule has 1 aliphatic heterocycles. The van der Waals surface area contributed by atoms with Crippen molar-refractivity contribution in [3.63, 3.8) is 0 Å². The van der Waals surface area contributed by atoms with Crippen molar-refractivity contribution in [3.05, 3.63) is 18.5 Å². The van der Waals surface area contributed by atoms with Crippen molar-refractivity contribution < 1.29 is 4.79 Å². The fourth-order valence-corrected chi connectivity index (χ4v) is 3.03. The molecule has 6 heteroatoms. The van der Waals surface area contributed by atoms with Crippen LogP contribution in [0, 0.1) is 5.92 Å². The Kier molecular flexibility index (Phi) is 4.70. The number of carbonyl (C=O) groups is 1. The number of piperidine rings is 1. The summed E-state index contributed by atoms with van der Waals surface area (Å²) in [4.78, 5) is 14.8. The molecule has 0 atom stereocenters. The molecule has 0 spiro atoms. The quantitative estimate of drug-likeness (QED) is 0.910. The Morgan fingerprint density at radius 3 is 2.70 bits per heavy atom. The van der Waals surface area contributed by atoms with Gasteiger partial charge in [0.05, 0.1) is 0 Å². The van der Waals surface area contributed by atoms with Crippen LogP contribution in [0.4, 0.5) is 0 Å². The second kappa shape index (κ2) is 6.14. The smallest absolute Gasteiger partial charge is 0.250 e. The summed E-state index contributed by atoms with van der Waals surface area (Å²) in [5, 5.41) is 7.69. The molecule has 1 saturated heterocycles. The first-order valence-corrected chi connectivity index (χ1v) is 7.19. The van der Waals surface area contributed by atoms with Gasteiger partial charge >= 0.3 is 0 Å². The van der Waals surface area contributed by atoms with E-state index >= 15 is 0 Å². The van der Waals surface area contributed by atoms with Crippen LogP contribution in [0.2, 0.25) is 0 Å². The maximum Gasteiger partial charge on any atom is 0.250 e. The normalized spacial score (nSPS) is 21.1. The summed E-state index contributed by atoms with van der Waals surface area (Å²) >= 11 is 0. The van der Waals surface area contributed by atoms with E-state index in [0.717, 1.165) is 38.4 Å². The van der Waals surface area contributed by atoms with Crippen LogP contribution in [-0.2, 0) is 10.3 Å². The minimum atomic E-state index is -0.474. The minimum Gasteiger partial charge on any atom is -0.343 e. The van der Waals surface area contributed by atoms with E-state index in [1.165, 1.54) is 12.8 Å². The van der Waals surface area contributed by atoms with Gasteiger partial charge in [0, 0.05) is 26.0 Å². The molecule has 1 N–H and O–H groups in total. The Hall–Kier alpha value is -1.07. The molecule has 5 nitrogen and oxygen atoms in total. The number of halogens is 1. The van der Waals surface area contributed by atoms with Crippen LogP contribution < -0.4 is 5.32 Å². The van der Waals surface area contributed by atoms with E-state index < -0.39 is 5.54 Å². The van der Waals surface area contributed by atoms with Crippen molar-refractivity contribution >= 4 is 18.3 Å². The maximum absolute atomic E-state index is 12.9. The SMILES string of the molecule is CN(CC1CC1)C(=O)C1(n2cccn2)CCNCC1.Cl. The topological polar surface area (TPSA) is 50.2 Å². The van der Waals surface area contributed by atoms with Crippen LogP contribution in [0.5, 0.6) is 0 Å². The molecular formula is C14H23ClN4O. The Bertz CT molecular complexity index is 438. The van der Waals surface area contributed by atoms with Gasteiger partial charge in [0.2, 0.25) is 5.91 Å². The molecule has 2 aliphatic rings. The number of nitrogens with zero attached hydrogens (tertiary/aromatic N) is 3. The molecule has 0 aromatic carbocycles. The van der Waals surface area contributed by atoms with E-state index in [-0.39, 0.29) is 18.3 Å². The van der Waals surface area contributed by atoms with Crippen molar-refractivity contribution in [1.29, 1.82) is 0 Å². The maximum atomic E-state index is 12.9. The Morgan fingerprint density at radius 2 is 2.15 bits per heavy atom. The molecule has 0 radical (unpaired) electrons. The van der Waals surface area contributed by atoms with E-state index in [9.17, 15) is 4.79 Å². The summed E-state index contributed by atoms with van der Waals surface area (Å²) in [6.45, 7) is 2.65. The second-order valence-electron chi connectivity index (χ2n) is 5.86. The third-order valence-corrected chi connectivity index (χ3v) is 4.35. The van der Waals surface area contributed by atoms with Crippen LogP contribution in [0.1, 0.15) is 25.7 Å². The number of hydrogen-bond donors (Lipinski definition) is 1. The van der Waals surface area contributed by atoms with E-state index in [1.54, 1.807) is 6.20 Å². The minimum absolute atomic E-state index is 0. The lowest BCUT2D eigenvalue weighted by molar-refractivity contribution is -0.142. The highest BCUT2D eigenvalue weighted by Crippen LogP contribution is 2.33. The van der Waals surface area contributed by atoms with Gasteiger partial charge in [-0.15, -0.1) is 12.4 Å². The molecule has 2 fully saturated rings. The fourth-order valence-electron chi connectivity index (χ4n) is 3.03. The lowest BCUT2D eigenvalue weighted by atomic mass is 9.87. The molecule has 0 unspecified atom stereocenters. The monoisotopic (exact) mass is 298 g/mol. The van der Waals surface area contributed by atoms with Crippen molar-refractivity contribution in [2.24, 2.45) is 5.92 Å². The van der Waals surface area contributed by atoms with Gasteiger partial charge in [-0.3, -0.25) is 9.48 Å². The zero-order valence-electron chi connectivity index (χ0n) is 11.9. The third kappa shape index (κ3) is 2.83. The molecule has 112 valence electrons. The van der Waals surface area contributed by atoms with Crippen LogP contribution >= 0.6 is 12.4 Å². The van der Waals surface area contributed by atoms with Gasteiger partial charge in [-0.1, -0.05) is 0 Å². The summed E-state index contributed by atoms with van der Waals surface area (Å²) in [6.07, 6.45) is 7.87. The summed E-state index contributed by atoms with van der Waals surface area (Å²) in [5.41, 5.74) is -0.474. The number of aromatic nitrogens is 2. The predicted molar refractivity (Wildman–Crippen MR) is 79.9 cm³/mol. The third-order valence-electron chi connectivity index (χ3n) is 4.35. The molecule has 2 heterocycles. The van der Waals surface area contributed by atoms with Crippen LogP contribution in [0.15, 0.2) is 18.5 Å². The first-order chi connectivity index (χ1) is 9.22. The van der Waals surface area contributed by atoms with Crippen molar-refractivity contribution in [2.75, 3.05) is 26.7 Å². The van der Waals surface area contributed by atoms with Gasteiger partial charge in [-0.25, -0.2) is 0 Å². The molecule has 0 bridgehead atoms. The van der Waals surface area contributed by atoms with Gasteiger partial charge in [0.25, 0.3) is 0 Å². The van der Waals surface area contributed by atoms with Gasteiger partial charge in [-0.05, 0) is 50.8 Å². The molecule has 1 saturated carbocycles. The average molecular weight is 299 g/mol. The zero-order chi connectivity index (χ0) is 13.3. The average Bonchev–Trinajstić information content (AvgIpc) is 3.08.